The molecule has 1 rings (SSSR count). The van der Waals surface area contributed by atoms with Crippen LogP contribution >= 0.6 is 15.9 Å². The van der Waals surface area contributed by atoms with E-state index in [2.05, 4.69) is 26.2 Å². The first-order valence-corrected chi connectivity index (χ1v) is 7.46. The maximum atomic E-state index is 11.9. The topological polar surface area (TPSA) is 56.1 Å². The molecule has 0 saturated carbocycles. The van der Waals surface area contributed by atoms with E-state index in [1.807, 2.05) is 13.8 Å². The van der Waals surface area contributed by atoms with E-state index in [4.69, 9.17) is 4.74 Å². The zero-order chi connectivity index (χ0) is 14.1. The summed E-state index contributed by atoms with van der Waals surface area (Å²) in [6.45, 7) is 7.82. The Morgan fingerprint density at radius 2 is 2.21 bits per heavy atom. The van der Waals surface area contributed by atoms with Crippen LogP contribution in [0.15, 0.2) is 15.5 Å². The summed E-state index contributed by atoms with van der Waals surface area (Å²) < 4.78 is 7.45. The molecule has 108 valence electrons. The number of aryl methyl sites for hydroxylation is 1. The highest BCUT2D eigenvalue weighted by Gasteiger charge is 2.04. The van der Waals surface area contributed by atoms with Gasteiger partial charge in [-0.05, 0) is 49.2 Å². The van der Waals surface area contributed by atoms with Crippen molar-refractivity contribution in [2.75, 3.05) is 26.3 Å². The number of aromatic nitrogens is 2. The second-order valence-electron chi connectivity index (χ2n) is 4.26. The molecule has 0 aliphatic heterocycles. The second kappa shape index (κ2) is 9.23. The van der Waals surface area contributed by atoms with Crippen molar-refractivity contribution in [3.63, 3.8) is 0 Å². The monoisotopic (exact) mass is 331 g/mol. The average Bonchev–Trinajstić information content (AvgIpc) is 2.40. The van der Waals surface area contributed by atoms with E-state index in [-0.39, 0.29) is 5.56 Å². The van der Waals surface area contributed by atoms with Gasteiger partial charge in [-0.2, -0.15) is 0 Å². The summed E-state index contributed by atoms with van der Waals surface area (Å²) in [6, 6.07) is 0. The second-order valence-corrected chi connectivity index (χ2v) is 5.12. The quantitative estimate of drug-likeness (QED) is 0.700. The Morgan fingerprint density at radius 1 is 1.42 bits per heavy atom. The fourth-order valence-electron chi connectivity index (χ4n) is 1.73. The van der Waals surface area contributed by atoms with Gasteiger partial charge in [-0.3, -0.25) is 9.36 Å². The molecule has 1 aromatic rings. The van der Waals surface area contributed by atoms with E-state index in [0.717, 1.165) is 45.0 Å². The van der Waals surface area contributed by atoms with Crippen LogP contribution in [0.2, 0.25) is 0 Å². The molecule has 0 spiro atoms. The zero-order valence-electron chi connectivity index (χ0n) is 11.6. The molecule has 0 fully saturated rings. The Labute approximate surface area is 122 Å². The maximum Gasteiger partial charge on any atom is 0.267 e. The number of hydrogen-bond acceptors (Lipinski definition) is 4. The van der Waals surface area contributed by atoms with Crippen LogP contribution in [0.25, 0.3) is 0 Å². The molecule has 0 bridgehead atoms. The van der Waals surface area contributed by atoms with Crippen LogP contribution in [-0.2, 0) is 11.3 Å². The molecule has 0 aliphatic rings. The molecule has 19 heavy (non-hydrogen) atoms. The lowest BCUT2D eigenvalue weighted by atomic mass is 10.3. The van der Waals surface area contributed by atoms with Crippen LogP contribution in [-0.4, -0.2) is 35.9 Å². The molecule has 0 amide bonds. The van der Waals surface area contributed by atoms with Crippen molar-refractivity contribution in [2.24, 2.45) is 0 Å². The summed E-state index contributed by atoms with van der Waals surface area (Å²) in [6.07, 6.45) is 3.71. The summed E-state index contributed by atoms with van der Waals surface area (Å²) in [5, 5.41) is 3.33. The number of unbranched alkanes of at least 4 members (excludes halogenated alkanes) is 1. The van der Waals surface area contributed by atoms with Crippen molar-refractivity contribution in [3.05, 3.63) is 26.8 Å². The van der Waals surface area contributed by atoms with Crippen LogP contribution in [0.5, 0.6) is 0 Å². The third-order valence-electron chi connectivity index (χ3n) is 2.81. The zero-order valence-corrected chi connectivity index (χ0v) is 13.2. The van der Waals surface area contributed by atoms with Gasteiger partial charge in [0.05, 0.1) is 0 Å². The van der Waals surface area contributed by atoms with Gasteiger partial charge in [0.25, 0.3) is 5.56 Å². The van der Waals surface area contributed by atoms with Gasteiger partial charge in [0.1, 0.15) is 10.3 Å². The molecular formula is C13H22BrN3O2. The first kappa shape index (κ1) is 16.3. The Morgan fingerprint density at radius 3 is 2.95 bits per heavy atom. The van der Waals surface area contributed by atoms with Crippen molar-refractivity contribution >= 4 is 15.9 Å². The molecule has 1 N–H and O–H groups in total. The molecule has 0 unspecified atom stereocenters. The highest BCUT2D eigenvalue weighted by molar-refractivity contribution is 9.10. The third-order valence-corrected chi connectivity index (χ3v) is 3.36. The number of rotatable bonds is 9. The standard InChI is InChI=1S/C13H22BrN3O2/c1-3-19-9-5-4-6-15-7-8-17-11(2)16-10-12(14)13(17)18/h10,15H,3-9H2,1-2H3. The normalized spacial score (nSPS) is 10.9. The summed E-state index contributed by atoms with van der Waals surface area (Å²) in [4.78, 5) is 16.0. The van der Waals surface area contributed by atoms with E-state index in [1.165, 1.54) is 0 Å². The fraction of sp³-hybridized carbons (Fsp3) is 0.692. The summed E-state index contributed by atoms with van der Waals surface area (Å²) in [5.41, 5.74) is -0.0226. The van der Waals surface area contributed by atoms with E-state index in [1.54, 1.807) is 10.8 Å². The highest BCUT2D eigenvalue weighted by Crippen LogP contribution is 2.00. The molecule has 1 heterocycles. The van der Waals surface area contributed by atoms with Crippen LogP contribution in [0, 0.1) is 6.92 Å². The van der Waals surface area contributed by atoms with Gasteiger partial charge in [0.15, 0.2) is 0 Å². The lowest BCUT2D eigenvalue weighted by Crippen LogP contribution is -2.30. The van der Waals surface area contributed by atoms with Crippen molar-refractivity contribution in [3.8, 4) is 0 Å². The van der Waals surface area contributed by atoms with Crippen LogP contribution in [0.3, 0.4) is 0 Å². The van der Waals surface area contributed by atoms with Crippen molar-refractivity contribution < 1.29 is 4.74 Å². The molecule has 0 aliphatic carbocycles. The smallest absolute Gasteiger partial charge is 0.267 e. The molecule has 0 saturated heterocycles. The van der Waals surface area contributed by atoms with E-state index in [0.29, 0.717) is 11.0 Å². The maximum absolute atomic E-state index is 11.9. The third kappa shape index (κ3) is 5.84. The largest absolute Gasteiger partial charge is 0.382 e. The van der Waals surface area contributed by atoms with Crippen molar-refractivity contribution in [1.29, 1.82) is 0 Å². The van der Waals surface area contributed by atoms with Gasteiger partial charge in [-0.25, -0.2) is 4.98 Å². The predicted molar refractivity (Wildman–Crippen MR) is 79.5 cm³/mol. The van der Waals surface area contributed by atoms with Gasteiger partial charge in [-0.15, -0.1) is 0 Å². The summed E-state index contributed by atoms with van der Waals surface area (Å²) in [7, 11) is 0. The molecule has 0 atom stereocenters. The Hall–Kier alpha value is -0.720. The number of hydrogen-bond donors (Lipinski definition) is 1. The lowest BCUT2D eigenvalue weighted by molar-refractivity contribution is 0.143. The summed E-state index contributed by atoms with van der Waals surface area (Å²) >= 11 is 3.21. The van der Waals surface area contributed by atoms with Crippen molar-refractivity contribution in [2.45, 2.75) is 33.2 Å². The minimum absolute atomic E-state index is 0.0226. The Bertz CT molecular complexity index is 434. The number of nitrogens with one attached hydrogen (secondary N) is 1. The minimum atomic E-state index is -0.0226. The van der Waals surface area contributed by atoms with Gasteiger partial charge >= 0.3 is 0 Å². The molecule has 5 nitrogen and oxygen atoms in total. The van der Waals surface area contributed by atoms with E-state index >= 15 is 0 Å². The van der Waals surface area contributed by atoms with Crippen LogP contribution < -0.4 is 10.9 Å². The minimum Gasteiger partial charge on any atom is -0.382 e. The lowest BCUT2D eigenvalue weighted by Gasteiger charge is -2.10. The van der Waals surface area contributed by atoms with Gasteiger partial charge in [0, 0.05) is 32.5 Å². The van der Waals surface area contributed by atoms with Crippen LogP contribution in [0.1, 0.15) is 25.6 Å². The van der Waals surface area contributed by atoms with Gasteiger partial charge in [-0.1, -0.05) is 0 Å². The number of ether oxygens (including phenoxy) is 1. The predicted octanol–water partition coefficient (Wildman–Crippen LogP) is 1.72. The SMILES string of the molecule is CCOCCCCNCCn1c(C)ncc(Br)c1=O. The molecule has 6 heteroatoms. The number of halogens is 1. The van der Waals surface area contributed by atoms with Gasteiger partial charge in [0.2, 0.25) is 0 Å². The molecule has 1 aromatic heterocycles. The molecular weight excluding hydrogens is 310 g/mol. The van der Waals surface area contributed by atoms with Gasteiger partial charge < -0.3 is 10.1 Å². The Kier molecular flexibility index (Phi) is 7.93. The van der Waals surface area contributed by atoms with Crippen molar-refractivity contribution in [1.82, 2.24) is 14.9 Å². The molecule has 0 aromatic carbocycles. The Balaban J connectivity index is 2.23. The fourth-order valence-corrected chi connectivity index (χ4v) is 2.04. The van der Waals surface area contributed by atoms with E-state index in [9.17, 15) is 4.79 Å². The molecule has 0 radical (unpaired) electrons. The summed E-state index contributed by atoms with van der Waals surface area (Å²) in [5.74, 6) is 0.742. The number of nitrogens with zero attached hydrogens (tertiary/aromatic N) is 2. The highest BCUT2D eigenvalue weighted by atomic mass is 79.9. The van der Waals surface area contributed by atoms with Crippen LogP contribution in [0.4, 0.5) is 0 Å². The first-order valence-electron chi connectivity index (χ1n) is 6.67. The van der Waals surface area contributed by atoms with E-state index < -0.39 is 0 Å². The first-order chi connectivity index (χ1) is 9.16. The average molecular weight is 332 g/mol.